The van der Waals surface area contributed by atoms with Gasteiger partial charge in [-0.15, -0.1) is 0 Å². The number of anilines is 1. The zero-order valence-electron chi connectivity index (χ0n) is 11.3. The Hall–Kier alpha value is -1.87. The minimum Gasteiger partial charge on any atom is -0.378 e. The second kappa shape index (κ2) is 5.85. The van der Waals surface area contributed by atoms with Crippen molar-refractivity contribution in [1.29, 1.82) is 0 Å². The first-order chi connectivity index (χ1) is 9.06. The van der Waals surface area contributed by atoms with Crippen LogP contribution in [-0.2, 0) is 6.42 Å². The van der Waals surface area contributed by atoms with Crippen LogP contribution in [-0.4, -0.2) is 14.1 Å². The van der Waals surface area contributed by atoms with Gasteiger partial charge in [-0.05, 0) is 41.8 Å². The molecule has 0 radical (unpaired) electrons. The normalized spacial score (nSPS) is 12.2. The van der Waals surface area contributed by atoms with Crippen molar-refractivity contribution in [2.45, 2.75) is 12.5 Å². The predicted octanol–water partition coefficient (Wildman–Crippen LogP) is 3.13. The smallest absolute Gasteiger partial charge is 0.123 e. The molecule has 0 heterocycles. The molecule has 0 saturated carbocycles. The van der Waals surface area contributed by atoms with Gasteiger partial charge in [0.2, 0.25) is 0 Å². The fraction of sp³-hybridized carbons (Fsp3) is 0.250. The van der Waals surface area contributed by atoms with Crippen molar-refractivity contribution in [2.24, 2.45) is 5.73 Å². The third-order valence-corrected chi connectivity index (χ3v) is 3.16. The minimum atomic E-state index is -0.216. The quantitative estimate of drug-likeness (QED) is 0.913. The molecule has 0 spiro atoms. The molecule has 19 heavy (non-hydrogen) atoms. The van der Waals surface area contributed by atoms with E-state index >= 15 is 0 Å². The second-order valence-corrected chi connectivity index (χ2v) is 4.93. The Balaban J connectivity index is 2.15. The van der Waals surface area contributed by atoms with E-state index in [4.69, 9.17) is 5.73 Å². The summed E-state index contributed by atoms with van der Waals surface area (Å²) in [7, 11) is 3.99. The standard InChI is InChI=1S/C16H19FN2/c1-19(2)15-8-4-6-13(11-15)16(18)10-12-5-3-7-14(17)9-12/h3-9,11,16H,10,18H2,1-2H3. The minimum absolute atomic E-state index is 0.123. The van der Waals surface area contributed by atoms with Crippen molar-refractivity contribution in [2.75, 3.05) is 19.0 Å². The van der Waals surface area contributed by atoms with E-state index in [2.05, 4.69) is 6.07 Å². The summed E-state index contributed by atoms with van der Waals surface area (Å²) in [5.74, 6) is -0.216. The lowest BCUT2D eigenvalue weighted by Gasteiger charge is -2.17. The van der Waals surface area contributed by atoms with Gasteiger partial charge in [0.25, 0.3) is 0 Å². The Morgan fingerprint density at radius 3 is 2.53 bits per heavy atom. The first-order valence-corrected chi connectivity index (χ1v) is 6.33. The van der Waals surface area contributed by atoms with Gasteiger partial charge in [0, 0.05) is 25.8 Å². The molecular weight excluding hydrogens is 239 g/mol. The van der Waals surface area contributed by atoms with Gasteiger partial charge in [0.05, 0.1) is 0 Å². The van der Waals surface area contributed by atoms with E-state index in [-0.39, 0.29) is 11.9 Å². The van der Waals surface area contributed by atoms with Crippen LogP contribution in [0.4, 0.5) is 10.1 Å². The molecule has 1 unspecified atom stereocenters. The topological polar surface area (TPSA) is 29.3 Å². The van der Waals surface area contributed by atoms with Crippen LogP contribution in [0.1, 0.15) is 17.2 Å². The maximum Gasteiger partial charge on any atom is 0.123 e. The Morgan fingerprint density at radius 2 is 1.84 bits per heavy atom. The molecule has 2 rings (SSSR count). The maximum atomic E-state index is 13.1. The lowest BCUT2D eigenvalue weighted by molar-refractivity contribution is 0.622. The van der Waals surface area contributed by atoms with Crippen LogP contribution in [0, 0.1) is 5.82 Å². The zero-order chi connectivity index (χ0) is 13.8. The van der Waals surface area contributed by atoms with Crippen molar-refractivity contribution >= 4 is 5.69 Å². The molecule has 0 bridgehead atoms. The molecule has 0 aromatic heterocycles. The first-order valence-electron chi connectivity index (χ1n) is 6.33. The van der Waals surface area contributed by atoms with E-state index < -0.39 is 0 Å². The average molecular weight is 258 g/mol. The Kier molecular flexibility index (Phi) is 4.17. The van der Waals surface area contributed by atoms with Gasteiger partial charge >= 0.3 is 0 Å². The van der Waals surface area contributed by atoms with E-state index in [0.29, 0.717) is 6.42 Å². The van der Waals surface area contributed by atoms with Gasteiger partial charge in [-0.3, -0.25) is 0 Å². The molecule has 2 aromatic carbocycles. The zero-order valence-corrected chi connectivity index (χ0v) is 11.3. The largest absolute Gasteiger partial charge is 0.378 e. The van der Waals surface area contributed by atoms with Gasteiger partial charge in [0.1, 0.15) is 5.82 Å². The van der Waals surface area contributed by atoms with Crippen LogP contribution in [0.5, 0.6) is 0 Å². The lowest BCUT2D eigenvalue weighted by Crippen LogP contribution is -2.15. The van der Waals surface area contributed by atoms with Crippen molar-refractivity contribution in [3.63, 3.8) is 0 Å². The highest BCUT2D eigenvalue weighted by atomic mass is 19.1. The van der Waals surface area contributed by atoms with E-state index in [1.807, 2.05) is 43.3 Å². The summed E-state index contributed by atoms with van der Waals surface area (Å²) in [5.41, 5.74) is 9.31. The molecule has 100 valence electrons. The third kappa shape index (κ3) is 3.55. The molecule has 1 atom stereocenters. The first kappa shape index (κ1) is 13.6. The van der Waals surface area contributed by atoms with Crippen molar-refractivity contribution in [1.82, 2.24) is 0 Å². The molecule has 0 fully saturated rings. The van der Waals surface area contributed by atoms with Crippen LogP contribution in [0.3, 0.4) is 0 Å². The van der Waals surface area contributed by atoms with Crippen LogP contribution in [0.25, 0.3) is 0 Å². The summed E-state index contributed by atoms with van der Waals surface area (Å²) in [6, 6.07) is 14.6. The third-order valence-electron chi connectivity index (χ3n) is 3.16. The molecule has 2 N–H and O–H groups in total. The Bertz CT molecular complexity index is 552. The van der Waals surface area contributed by atoms with E-state index in [9.17, 15) is 4.39 Å². The highest BCUT2D eigenvalue weighted by Gasteiger charge is 2.09. The Labute approximate surface area is 113 Å². The summed E-state index contributed by atoms with van der Waals surface area (Å²) in [4.78, 5) is 2.04. The highest BCUT2D eigenvalue weighted by molar-refractivity contribution is 5.48. The van der Waals surface area contributed by atoms with Crippen LogP contribution in [0.15, 0.2) is 48.5 Å². The molecule has 0 aliphatic carbocycles. The number of benzene rings is 2. The van der Waals surface area contributed by atoms with Crippen LogP contribution >= 0.6 is 0 Å². The van der Waals surface area contributed by atoms with Crippen molar-refractivity contribution in [3.05, 3.63) is 65.5 Å². The summed E-state index contributed by atoms with van der Waals surface area (Å²) in [6.07, 6.45) is 0.634. The molecule has 0 saturated heterocycles. The van der Waals surface area contributed by atoms with Crippen molar-refractivity contribution in [3.8, 4) is 0 Å². The molecule has 0 amide bonds. The fourth-order valence-corrected chi connectivity index (χ4v) is 2.07. The number of hydrogen-bond acceptors (Lipinski definition) is 2. The number of rotatable bonds is 4. The summed E-state index contributed by atoms with van der Waals surface area (Å²) >= 11 is 0. The summed E-state index contributed by atoms with van der Waals surface area (Å²) in [5, 5.41) is 0. The number of nitrogens with two attached hydrogens (primary N) is 1. The molecule has 2 aromatic rings. The lowest BCUT2D eigenvalue weighted by atomic mass is 9.99. The van der Waals surface area contributed by atoms with Crippen LogP contribution in [0.2, 0.25) is 0 Å². The molecule has 2 nitrogen and oxygen atoms in total. The SMILES string of the molecule is CN(C)c1cccc(C(N)Cc2cccc(F)c2)c1. The second-order valence-electron chi connectivity index (χ2n) is 4.93. The van der Waals surface area contributed by atoms with Gasteiger partial charge in [0.15, 0.2) is 0 Å². The summed E-state index contributed by atoms with van der Waals surface area (Å²) in [6.45, 7) is 0. The highest BCUT2D eigenvalue weighted by Crippen LogP contribution is 2.21. The fourth-order valence-electron chi connectivity index (χ4n) is 2.07. The van der Waals surface area contributed by atoms with Gasteiger partial charge in [-0.2, -0.15) is 0 Å². The van der Waals surface area contributed by atoms with E-state index in [1.165, 1.54) is 12.1 Å². The predicted molar refractivity (Wildman–Crippen MR) is 77.8 cm³/mol. The van der Waals surface area contributed by atoms with Gasteiger partial charge in [-0.25, -0.2) is 4.39 Å². The van der Waals surface area contributed by atoms with E-state index in [0.717, 1.165) is 16.8 Å². The van der Waals surface area contributed by atoms with Crippen molar-refractivity contribution < 1.29 is 4.39 Å². The molecule has 3 heteroatoms. The average Bonchev–Trinajstić information content (AvgIpc) is 2.39. The molecule has 0 aliphatic rings. The maximum absolute atomic E-state index is 13.1. The monoisotopic (exact) mass is 258 g/mol. The number of nitrogens with zero attached hydrogens (tertiary/aromatic N) is 1. The number of hydrogen-bond donors (Lipinski definition) is 1. The van der Waals surface area contributed by atoms with E-state index in [1.54, 1.807) is 6.07 Å². The number of halogens is 1. The Morgan fingerprint density at radius 1 is 1.11 bits per heavy atom. The summed E-state index contributed by atoms with van der Waals surface area (Å²) < 4.78 is 13.1. The van der Waals surface area contributed by atoms with Gasteiger partial charge < -0.3 is 10.6 Å². The molecular formula is C16H19FN2. The van der Waals surface area contributed by atoms with Crippen LogP contribution < -0.4 is 10.6 Å². The molecule has 0 aliphatic heterocycles. The van der Waals surface area contributed by atoms with Gasteiger partial charge in [-0.1, -0.05) is 24.3 Å².